The second-order valence-electron chi connectivity index (χ2n) is 5.45. The van der Waals surface area contributed by atoms with Crippen LogP contribution in [0.25, 0.3) is 0 Å². The molecule has 0 aliphatic heterocycles. The molecule has 13 heavy (non-hydrogen) atoms. The Hall–Kier alpha value is 0. The zero-order chi connectivity index (χ0) is 9.26. The Bertz CT molecular complexity index is 153. The first-order chi connectivity index (χ1) is 6.31. The molecular weight excluding hydrogens is 156 g/mol. The number of hydrogen-bond acceptors (Lipinski definition) is 0. The minimum absolute atomic E-state index is 1.01. The van der Waals surface area contributed by atoms with Crippen molar-refractivity contribution < 1.29 is 0 Å². The lowest BCUT2D eigenvalue weighted by Gasteiger charge is -2.45. The summed E-state index contributed by atoms with van der Waals surface area (Å²) in [6.45, 7) is 4.83. The van der Waals surface area contributed by atoms with Crippen LogP contribution in [0, 0.1) is 23.7 Å². The van der Waals surface area contributed by atoms with E-state index in [1.807, 2.05) is 0 Å². The molecule has 2 unspecified atom stereocenters. The average Bonchev–Trinajstić information content (AvgIpc) is 2.20. The van der Waals surface area contributed by atoms with Crippen molar-refractivity contribution in [3.8, 4) is 0 Å². The molecule has 0 saturated heterocycles. The maximum Gasteiger partial charge on any atom is -0.0357 e. The predicted molar refractivity (Wildman–Crippen MR) is 57.6 cm³/mol. The highest BCUT2D eigenvalue weighted by atomic mass is 14.4. The summed E-state index contributed by atoms with van der Waals surface area (Å²) in [5.41, 5.74) is 0. The first-order valence-electron chi connectivity index (χ1n) is 6.31. The molecule has 76 valence electrons. The SMILES string of the molecule is CCCC(C)C1CC2CCC1CC2. The summed E-state index contributed by atoms with van der Waals surface area (Å²) in [5, 5.41) is 0. The van der Waals surface area contributed by atoms with Gasteiger partial charge in [0.15, 0.2) is 0 Å². The second kappa shape index (κ2) is 4.02. The van der Waals surface area contributed by atoms with Crippen molar-refractivity contribution in [2.45, 2.75) is 58.8 Å². The van der Waals surface area contributed by atoms with Crippen LogP contribution in [0.5, 0.6) is 0 Å². The van der Waals surface area contributed by atoms with Crippen LogP contribution in [0.3, 0.4) is 0 Å². The molecule has 0 aromatic rings. The van der Waals surface area contributed by atoms with E-state index in [0.717, 1.165) is 23.7 Å². The van der Waals surface area contributed by atoms with Crippen LogP contribution in [0.4, 0.5) is 0 Å². The smallest absolute Gasteiger partial charge is 0.0357 e. The largest absolute Gasteiger partial charge is 0.0654 e. The fourth-order valence-electron chi connectivity index (χ4n) is 3.80. The van der Waals surface area contributed by atoms with Crippen molar-refractivity contribution in [3.05, 3.63) is 0 Å². The standard InChI is InChI=1S/C13H24/c1-3-4-10(2)13-9-11-5-7-12(13)8-6-11/h10-13H,3-9H2,1-2H3. The van der Waals surface area contributed by atoms with Gasteiger partial charge >= 0.3 is 0 Å². The molecule has 3 fully saturated rings. The summed E-state index contributed by atoms with van der Waals surface area (Å²) < 4.78 is 0. The lowest BCUT2D eigenvalue weighted by Crippen LogP contribution is -2.34. The molecule has 3 aliphatic carbocycles. The van der Waals surface area contributed by atoms with Gasteiger partial charge in [0, 0.05) is 0 Å². The normalized spacial score (nSPS) is 40.6. The third-order valence-corrected chi connectivity index (χ3v) is 4.58. The number of hydrogen-bond donors (Lipinski definition) is 0. The fourth-order valence-corrected chi connectivity index (χ4v) is 3.80. The van der Waals surface area contributed by atoms with Gasteiger partial charge in [-0.05, 0) is 42.9 Å². The molecule has 2 atom stereocenters. The Labute approximate surface area is 83.1 Å². The van der Waals surface area contributed by atoms with E-state index < -0.39 is 0 Å². The predicted octanol–water partition coefficient (Wildman–Crippen LogP) is 4.25. The van der Waals surface area contributed by atoms with Crippen molar-refractivity contribution in [1.29, 1.82) is 0 Å². The van der Waals surface area contributed by atoms with Gasteiger partial charge in [-0.3, -0.25) is 0 Å². The van der Waals surface area contributed by atoms with Crippen molar-refractivity contribution in [2.75, 3.05) is 0 Å². The molecule has 0 N–H and O–H groups in total. The van der Waals surface area contributed by atoms with E-state index in [9.17, 15) is 0 Å². The van der Waals surface area contributed by atoms with Gasteiger partial charge in [0.1, 0.15) is 0 Å². The topological polar surface area (TPSA) is 0 Å². The summed E-state index contributed by atoms with van der Waals surface area (Å²) in [6.07, 6.45) is 10.7. The third-order valence-electron chi connectivity index (χ3n) is 4.58. The van der Waals surface area contributed by atoms with Crippen molar-refractivity contribution in [3.63, 3.8) is 0 Å². The van der Waals surface area contributed by atoms with E-state index >= 15 is 0 Å². The maximum absolute atomic E-state index is 2.49. The van der Waals surface area contributed by atoms with Crippen molar-refractivity contribution in [1.82, 2.24) is 0 Å². The van der Waals surface area contributed by atoms with Gasteiger partial charge in [0.05, 0.1) is 0 Å². The molecule has 0 spiro atoms. The maximum atomic E-state index is 2.49. The van der Waals surface area contributed by atoms with E-state index in [1.165, 1.54) is 12.8 Å². The molecule has 3 saturated carbocycles. The second-order valence-corrected chi connectivity index (χ2v) is 5.45. The summed E-state index contributed by atoms with van der Waals surface area (Å²) >= 11 is 0. The number of fused-ring (bicyclic) bond motifs is 3. The van der Waals surface area contributed by atoms with Gasteiger partial charge in [-0.25, -0.2) is 0 Å². The zero-order valence-electron chi connectivity index (χ0n) is 9.26. The lowest BCUT2D eigenvalue weighted by atomic mass is 9.61. The highest BCUT2D eigenvalue weighted by Gasteiger charge is 2.37. The molecule has 0 heteroatoms. The molecule has 0 amide bonds. The monoisotopic (exact) mass is 180 g/mol. The quantitative estimate of drug-likeness (QED) is 0.609. The van der Waals surface area contributed by atoms with Crippen molar-refractivity contribution in [2.24, 2.45) is 23.7 Å². The van der Waals surface area contributed by atoms with E-state index in [-0.39, 0.29) is 0 Å². The first kappa shape index (κ1) is 9.55. The minimum Gasteiger partial charge on any atom is -0.0654 e. The molecule has 2 bridgehead atoms. The zero-order valence-corrected chi connectivity index (χ0v) is 9.26. The molecule has 0 radical (unpaired) electrons. The van der Waals surface area contributed by atoms with Crippen molar-refractivity contribution >= 4 is 0 Å². The average molecular weight is 180 g/mol. The third kappa shape index (κ3) is 1.92. The molecule has 3 rings (SSSR count). The van der Waals surface area contributed by atoms with E-state index in [2.05, 4.69) is 13.8 Å². The van der Waals surface area contributed by atoms with Gasteiger partial charge in [-0.1, -0.05) is 39.5 Å². The summed E-state index contributed by atoms with van der Waals surface area (Å²) in [6, 6.07) is 0. The van der Waals surface area contributed by atoms with Gasteiger partial charge in [0.25, 0.3) is 0 Å². The lowest BCUT2D eigenvalue weighted by molar-refractivity contribution is 0.0593. The van der Waals surface area contributed by atoms with Crippen LogP contribution in [0.15, 0.2) is 0 Å². The van der Waals surface area contributed by atoms with Crippen LogP contribution in [-0.4, -0.2) is 0 Å². The van der Waals surface area contributed by atoms with Crippen LogP contribution in [0.1, 0.15) is 58.8 Å². The van der Waals surface area contributed by atoms with Crippen LogP contribution in [0.2, 0.25) is 0 Å². The minimum atomic E-state index is 1.01. The molecular formula is C13H24. The first-order valence-corrected chi connectivity index (χ1v) is 6.31. The Kier molecular flexibility index (Phi) is 2.96. The fraction of sp³-hybridized carbons (Fsp3) is 1.00. The summed E-state index contributed by atoms with van der Waals surface area (Å²) in [5.74, 6) is 4.35. The van der Waals surface area contributed by atoms with Gasteiger partial charge in [-0.2, -0.15) is 0 Å². The van der Waals surface area contributed by atoms with Crippen LogP contribution < -0.4 is 0 Å². The molecule has 0 nitrogen and oxygen atoms in total. The van der Waals surface area contributed by atoms with E-state index in [4.69, 9.17) is 0 Å². The number of rotatable bonds is 3. The Balaban J connectivity index is 1.92. The van der Waals surface area contributed by atoms with E-state index in [0.29, 0.717) is 0 Å². The van der Waals surface area contributed by atoms with Gasteiger partial charge in [0.2, 0.25) is 0 Å². The van der Waals surface area contributed by atoms with Crippen LogP contribution >= 0.6 is 0 Å². The molecule has 0 aromatic heterocycles. The molecule has 0 aromatic carbocycles. The molecule has 0 heterocycles. The Morgan fingerprint density at radius 1 is 1.15 bits per heavy atom. The van der Waals surface area contributed by atoms with Gasteiger partial charge in [-0.15, -0.1) is 0 Å². The van der Waals surface area contributed by atoms with E-state index in [1.54, 1.807) is 32.1 Å². The highest BCUT2D eigenvalue weighted by molar-refractivity contribution is 4.88. The Morgan fingerprint density at radius 2 is 1.85 bits per heavy atom. The molecule has 3 aliphatic rings. The summed E-state index contributed by atoms with van der Waals surface area (Å²) in [4.78, 5) is 0. The highest BCUT2D eigenvalue weighted by Crippen LogP contribution is 2.48. The summed E-state index contributed by atoms with van der Waals surface area (Å²) in [7, 11) is 0. The van der Waals surface area contributed by atoms with Crippen LogP contribution in [-0.2, 0) is 0 Å². The Morgan fingerprint density at radius 3 is 2.31 bits per heavy atom. The van der Waals surface area contributed by atoms with Gasteiger partial charge < -0.3 is 0 Å².